The molecule has 0 amide bonds. The van der Waals surface area contributed by atoms with Gasteiger partial charge in [0.15, 0.2) is 0 Å². The van der Waals surface area contributed by atoms with Gasteiger partial charge in [0.05, 0.1) is 5.92 Å². The number of hydrogen-bond acceptors (Lipinski definition) is 3. The highest BCUT2D eigenvalue weighted by molar-refractivity contribution is 9.10. The molecule has 0 saturated heterocycles. The van der Waals surface area contributed by atoms with E-state index in [-0.39, 0.29) is 23.3 Å². The second-order valence-electron chi connectivity index (χ2n) is 3.88. The van der Waals surface area contributed by atoms with E-state index < -0.39 is 0 Å². The molecule has 1 aromatic carbocycles. The van der Waals surface area contributed by atoms with Gasteiger partial charge in [-0.3, -0.25) is 10.1 Å². The monoisotopic (exact) mass is 299 g/mol. The van der Waals surface area contributed by atoms with Gasteiger partial charge in [0.1, 0.15) is 6.29 Å². The van der Waals surface area contributed by atoms with Gasteiger partial charge in [-0.1, -0.05) is 35.0 Å². The molecule has 0 aliphatic heterocycles. The van der Waals surface area contributed by atoms with Crippen LogP contribution in [0.25, 0.3) is 0 Å². The first-order valence-corrected chi connectivity index (χ1v) is 6.20. The molecular formula is C12H14BrNO3. The number of halogens is 1. The van der Waals surface area contributed by atoms with Gasteiger partial charge in [0, 0.05) is 15.3 Å². The lowest BCUT2D eigenvalue weighted by Gasteiger charge is -2.18. The van der Waals surface area contributed by atoms with Crippen molar-refractivity contribution in [2.24, 2.45) is 5.92 Å². The van der Waals surface area contributed by atoms with Crippen molar-refractivity contribution in [2.45, 2.75) is 19.3 Å². The van der Waals surface area contributed by atoms with E-state index in [2.05, 4.69) is 15.9 Å². The fraction of sp³-hybridized carbons (Fsp3) is 0.417. The maximum absolute atomic E-state index is 11.0. The standard InChI is InChI=1S/C12H14BrNO3/c1-2-9(8-15)12(7-14(16)17)10-4-3-5-11(13)6-10/h3-6,8-9,12H,2,7H2,1H3/t9-,12-/m0/s1. The van der Waals surface area contributed by atoms with Crippen LogP contribution in [-0.2, 0) is 4.79 Å². The SMILES string of the molecule is CC[C@@H](C=O)[C@H](C[N+](=O)[O-])c1cccc(Br)c1. The molecule has 0 radical (unpaired) electrons. The summed E-state index contributed by atoms with van der Waals surface area (Å²) >= 11 is 3.33. The van der Waals surface area contributed by atoms with Crippen LogP contribution in [0.4, 0.5) is 0 Å². The van der Waals surface area contributed by atoms with E-state index >= 15 is 0 Å². The molecule has 0 saturated carbocycles. The van der Waals surface area contributed by atoms with Crippen molar-refractivity contribution in [1.82, 2.24) is 0 Å². The lowest BCUT2D eigenvalue weighted by Crippen LogP contribution is -2.22. The topological polar surface area (TPSA) is 60.2 Å². The van der Waals surface area contributed by atoms with E-state index in [1.54, 1.807) is 0 Å². The van der Waals surface area contributed by atoms with Gasteiger partial charge in [-0.05, 0) is 24.1 Å². The molecule has 0 N–H and O–H groups in total. The first kappa shape index (κ1) is 13.8. The number of nitrogens with zero attached hydrogens (tertiary/aromatic N) is 1. The average molecular weight is 300 g/mol. The van der Waals surface area contributed by atoms with Crippen LogP contribution in [0.3, 0.4) is 0 Å². The van der Waals surface area contributed by atoms with E-state index in [0.29, 0.717) is 6.42 Å². The van der Waals surface area contributed by atoms with E-state index in [0.717, 1.165) is 16.3 Å². The predicted octanol–water partition coefficient (Wildman–Crippen LogP) is 3.03. The van der Waals surface area contributed by atoms with Crippen molar-refractivity contribution in [1.29, 1.82) is 0 Å². The summed E-state index contributed by atoms with van der Waals surface area (Å²) < 4.78 is 0.865. The zero-order chi connectivity index (χ0) is 12.8. The first-order valence-electron chi connectivity index (χ1n) is 5.41. The zero-order valence-corrected chi connectivity index (χ0v) is 11.1. The molecule has 0 spiro atoms. The summed E-state index contributed by atoms with van der Waals surface area (Å²) in [5.41, 5.74) is 0.829. The van der Waals surface area contributed by atoms with Crippen molar-refractivity contribution in [3.63, 3.8) is 0 Å². The zero-order valence-electron chi connectivity index (χ0n) is 9.51. The summed E-state index contributed by atoms with van der Waals surface area (Å²) in [6.45, 7) is 1.65. The molecule has 4 nitrogen and oxygen atoms in total. The predicted molar refractivity (Wildman–Crippen MR) is 68.6 cm³/mol. The normalized spacial score (nSPS) is 14.0. The number of benzene rings is 1. The average Bonchev–Trinajstić information content (AvgIpc) is 2.29. The summed E-state index contributed by atoms with van der Waals surface area (Å²) in [5.74, 6) is -0.667. The van der Waals surface area contributed by atoms with Gasteiger partial charge in [-0.25, -0.2) is 0 Å². The Morgan fingerprint density at radius 1 is 1.53 bits per heavy atom. The van der Waals surface area contributed by atoms with Crippen LogP contribution >= 0.6 is 15.9 Å². The molecule has 0 fully saturated rings. The van der Waals surface area contributed by atoms with Gasteiger partial charge >= 0.3 is 0 Å². The Labute approximate surface area is 108 Å². The summed E-state index contributed by atoms with van der Waals surface area (Å²) in [4.78, 5) is 21.3. The minimum atomic E-state index is -0.363. The molecule has 5 heteroatoms. The van der Waals surface area contributed by atoms with Gasteiger partial charge in [-0.15, -0.1) is 0 Å². The highest BCUT2D eigenvalue weighted by atomic mass is 79.9. The maximum Gasteiger partial charge on any atom is 0.211 e. The van der Waals surface area contributed by atoms with E-state index in [1.807, 2.05) is 31.2 Å². The number of aldehydes is 1. The summed E-state index contributed by atoms with van der Waals surface area (Å²) in [7, 11) is 0. The first-order chi connectivity index (χ1) is 8.08. The van der Waals surface area contributed by atoms with Crippen LogP contribution < -0.4 is 0 Å². The van der Waals surface area contributed by atoms with Crippen molar-refractivity contribution in [2.75, 3.05) is 6.54 Å². The molecule has 17 heavy (non-hydrogen) atoms. The summed E-state index contributed by atoms with van der Waals surface area (Å²) in [6.07, 6.45) is 1.42. The fourth-order valence-electron chi connectivity index (χ4n) is 1.86. The largest absolute Gasteiger partial charge is 0.303 e. The maximum atomic E-state index is 11.0. The summed E-state index contributed by atoms with van der Waals surface area (Å²) in [5, 5.41) is 10.7. The Kier molecular flexibility index (Phi) is 5.28. The molecule has 0 aliphatic rings. The van der Waals surface area contributed by atoms with Crippen LogP contribution in [0.2, 0.25) is 0 Å². The van der Waals surface area contributed by atoms with Gasteiger partial charge < -0.3 is 4.79 Å². The number of rotatable bonds is 6. The van der Waals surface area contributed by atoms with Crippen molar-refractivity contribution in [3.8, 4) is 0 Å². The number of carbonyl (C=O) groups is 1. The highest BCUT2D eigenvalue weighted by Gasteiger charge is 2.26. The Bertz CT molecular complexity index is 408. The second kappa shape index (κ2) is 6.49. The minimum absolute atomic E-state index is 0.215. The molecule has 0 aromatic heterocycles. The molecule has 0 aliphatic carbocycles. The number of nitro groups is 1. The molecule has 1 rings (SSSR count). The Balaban J connectivity index is 3.04. The molecular weight excluding hydrogens is 286 g/mol. The van der Waals surface area contributed by atoms with E-state index in [9.17, 15) is 14.9 Å². The smallest absolute Gasteiger partial charge is 0.211 e. The van der Waals surface area contributed by atoms with Crippen molar-refractivity contribution < 1.29 is 9.72 Å². The van der Waals surface area contributed by atoms with Crippen LogP contribution in [-0.4, -0.2) is 17.8 Å². The lowest BCUT2D eigenvalue weighted by molar-refractivity contribution is -0.484. The van der Waals surface area contributed by atoms with Crippen LogP contribution in [0.15, 0.2) is 28.7 Å². The number of hydrogen-bond donors (Lipinski definition) is 0. The minimum Gasteiger partial charge on any atom is -0.303 e. The van der Waals surface area contributed by atoms with Crippen molar-refractivity contribution >= 4 is 22.2 Å². The van der Waals surface area contributed by atoms with E-state index in [4.69, 9.17) is 0 Å². The molecule has 0 heterocycles. The van der Waals surface area contributed by atoms with Crippen LogP contribution in [0, 0.1) is 16.0 Å². The Morgan fingerprint density at radius 3 is 2.71 bits per heavy atom. The molecule has 0 unspecified atom stereocenters. The fourth-order valence-corrected chi connectivity index (χ4v) is 2.28. The van der Waals surface area contributed by atoms with Gasteiger partial charge in [0.25, 0.3) is 0 Å². The highest BCUT2D eigenvalue weighted by Crippen LogP contribution is 2.28. The van der Waals surface area contributed by atoms with E-state index in [1.165, 1.54) is 0 Å². The Morgan fingerprint density at radius 2 is 2.24 bits per heavy atom. The molecule has 0 bridgehead atoms. The Hall–Kier alpha value is -1.23. The lowest BCUT2D eigenvalue weighted by atomic mass is 9.85. The van der Waals surface area contributed by atoms with Gasteiger partial charge in [0.2, 0.25) is 6.54 Å². The second-order valence-corrected chi connectivity index (χ2v) is 4.80. The van der Waals surface area contributed by atoms with Crippen LogP contribution in [0.1, 0.15) is 24.8 Å². The van der Waals surface area contributed by atoms with Gasteiger partial charge in [-0.2, -0.15) is 0 Å². The third kappa shape index (κ3) is 3.93. The molecule has 92 valence electrons. The third-order valence-electron chi connectivity index (χ3n) is 2.79. The van der Waals surface area contributed by atoms with Crippen molar-refractivity contribution in [3.05, 3.63) is 44.4 Å². The van der Waals surface area contributed by atoms with Crippen LogP contribution in [0.5, 0.6) is 0 Å². The molecule has 2 atom stereocenters. The quantitative estimate of drug-likeness (QED) is 0.461. The number of carbonyl (C=O) groups excluding carboxylic acids is 1. The summed E-state index contributed by atoms with van der Waals surface area (Å²) in [6, 6.07) is 7.34. The third-order valence-corrected chi connectivity index (χ3v) is 3.28. The molecule has 1 aromatic rings.